The van der Waals surface area contributed by atoms with Gasteiger partial charge in [0.2, 0.25) is 0 Å². The number of aromatic nitrogens is 3. The number of rotatable bonds is 5. The predicted molar refractivity (Wildman–Crippen MR) is 86.5 cm³/mol. The van der Waals surface area contributed by atoms with Gasteiger partial charge in [0.25, 0.3) is 0 Å². The number of hydrogen-bond donors (Lipinski definition) is 1. The van der Waals surface area contributed by atoms with E-state index in [4.69, 9.17) is 21.6 Å². The Morgan fingerprint density at radius 2 is 1.83 bits per heavy atom. The Kier molecular flexibility index (Phi) is 4.67. The molecule has 3 rings (SSSR count). The third-order valence-electron chi connectivity index (χ3n) is 3.30. The van der Waals surface area contributed by atoms with E-state index in [1.54, 1.807) is 0 Å². The molecule has 23 heavy (non-hydrogen) atoms. The van der Waals surface area contributed by atoms with Crippen LogP contribution in [0.25, 0.3) is 11.3 Å². The van der Waals surface area contributed by atoms with Gasteiger partial charge in [0.15, 0.2) is 5.69 Å². The van der Waals surface area contributed by atoms with E-state index in [0.717, 1.165) is 16.7 Å². The fraction of sp³-hybridized carbons (Fsp3) is 0.118. The maximum atomic E-state index is 9.02. The van der Waals surface area contributed by atoms with Gasteiger partial charge in [-0.05, 0) is 29.3 Å². The van der Waals surface area contributed by atoms with Gasteiger partial charge in [-0.1, -0.05) is 41.9 Å². The third kappa shape index (κ3) is 3.75. The largest absolute Gasteiger partial charge is 0.372 e. The third-order valence-corrected chi connectivity index (χ3v) is 3.56. The summed E-state index contributed by atoms with van der Waals surface area (Å²) in [4.78, 5) is 0. The van der Waals surface area contributed by atoms with Crippen molar-refractivity contribution in [1.29, 1.82) is 5.26 Å². The van der Waals surface area contributed by atoms with Gasteiger partial charge in [-0.2, -0.15) is 15.6 Å². The van der Waals surface area contributed by atoms with E-state index in [9.17, 15) is 0 Å². The van der Waals surface area contributed by atoms with Gasteiger partial charge >= 0.3 is 0 Å². The van der Waals surface area contributed by atoms with Crippen molar-refractivity contribution in [3.05, 3.63) is 70.4 Å². The second kappa shape index (κ2) is 7.05. The second-order valence-electron chi connectivity index (χ2n) is 4.95. The number of nitriles is 1. The molecule has 5 nitrogen and oxygen atoms in total. The quantitative estimate of drug-likeness (QED) is 0.776. The maximum Gasteiger partial charge on any atom is 0.190 e. The van der Waals surface area contributed by atoms with Crippen molar-refractivity contribution in [2.75, 3.05) is 0 Å². The highest BCUT2D eigenvalue weighted by atomic mass is 35.5. The molecule has 0 atom stereocenters. The summed E-state index contributed by atoms with van der Waals surface area (Å²) in [6, 6.07) is 17.3. The molecule has 0 saturated carbocycles. The number of hydrogen-bond acceptors (Lipinski definition) is 4. The Balaban J connectivity index is 1.66. The summed E-state index contributed by atoms with van der Waals surface area (Å²) in [7, 11) is 0. The molecule has 0 bridgehead atoms. The molecule has 3 aromatic rings. The minimum atomic E-state index is 0.282. The van der Waals surface area contributed by atoms with Gasteiger partial charge in [-0.3, -0.25) is 0 Å². The van der Waals surface area contributed by atoms with Gasteiger partial charge in [0.1, 0.15) is 11.8 Å². The SMILES string of the molecule is N#Cc1n[nH]nc1-c1cccc(COCc2ccc(Cl)cc2)c1. The number of benzene rings is 2. The molecule has 2 aromatic carbocycles. The van der Waals surface area contributed by atoms with Gasteiger partial charge in [-0.15, -0.1) is 5.10 Å². The Morgan fingerprint density at radius 1 is 1.04 bits per heavy atom. The molecular weight excluding hydrogens is 312 g/mol. The summed E-state index contributed by atoms with van der Waals surface area (Å²) < 4.78 is 5.72. The molecule has 0 spiro atoms. The van der Waals surface area contributed by atoms with E-state index in [-0.39, 0.29) is 5.69 Å². The minimum Gasteiger partial charge on any atom is -0.372 e. The van der Waals surface area contributed by atoms with Crippen LogP contribution in [0.2, 0.25) is 5.02 Å². The molecule has 0 unspecified atom stereocenters. The smallest absolute Gasteiger partial charge is 0.190 e. The topological polar surface area (TPSA) is 74.6 Å². The van der Waals surface area contributed by atoms with E-state index in [1.807, 2.05) is 54.6 Å². The first-order chi connectivity index (χ1) is 11.3. The first kappa shape index (κ1) is 15.2. The molecule has 1 N–H and O–H groups in total. The summed E-state index contributed by atoms with van der Waals surface area (Å²) in [5, 5.41) is 20.0. The van der Waals surface area contributed by atoms with Crippen LogP contribution in [-0.2, 0) is 18.0 Å². The number of nitrogens with one attached hydrogen (secondary N) is 1. The molecule has 0 fully saturated rings. The van der Waals surface area contributed by atoms with Crippen LogP contribution in [0.5, 0.6) is 0 Å². The van der Waals surface area contributed by atoms with Crippen molar-refractivity contribution in [2.24, 2.45) is 0 Å². The van der Waals surface area contributed by atoms with Crippen molar-refractivity contribution in [2.45, 2.75) is 13.2 Å². The number of aromatic amines is 1. The monoisotopic (exact) mass is 324 g/mol. The lowest BCUT2D eigenvalue weighted by Gasteiger charge is -2.06. The predicted octanol–water partition coefficient (Wildman–Crippen LogP) is 3.71. The zero-order valence-corrected chi connectivity index (χ0v) is 12.9. The van der Waals surface area contributed by atoms with Crippen molar-refractivity contribution >= 4 is 11.6 Å². The van der Waals surface area contributed by atoms with E-state index in [2.05, 4.69) is 15.4 Å². The minimum absolute atomic E-state index is 0.282. The lowest BCUT2D eigenvalue weighted by atomic mass is 10.1. The fourth-order valence-electron chi connectivity index (χ4n) is 2.19. The van der Waals surface area contributed by atoms with Gasteiger partial charge in [0, 0.05) is 10.6 Å². The summed E-state index contributed by atoms with van der Waals surface area (Å²) in [5.41, 5.74) is 3.73. The van der Waals surface area contributed by atoms with Crippen LogP contribution in [0.4, 0.5) is 0 Å². The molecule has 0 amide bonds. The molecule has 0 radical (unpaired) electrons. The number of nitrogens with zero attached hydrogens (tertiary/aromatic N) is 3. The van der Waals surface area contributed by atoms with E-state index in [1.165, 1.54) is 0 Å². The Hall–Kier alpha value is -2.68. The molecule has 114 valence electrons. The molecule has 1 heterocycles. The van der Waals surface area contributed by atoms with E-state index < -0.39 is 0 Å². The molecule has 0 aliphatic carbocycles. The Morgan fingerprint density at radius 3 is 2.61 bits per heavy atom. The van der Waals surface area contributed by atoms with Crippen LogP contribution in [0.3, 0.4) is 0 Å². The molecule has 1 aromatic heterocycles. The van der Waals surface area contributed by atoms with Crippen LogP contribution < -0.4 is 0 Å². The summed E-state index contributed by atoms with van der Waals surface area (Å²) in [6.07, 6.45) is 0. The number of ether oxygens (including phenoxy) is 1. The van der Waals surface area contributed by atoms with Crippen molar-refractivity contribution < 1.29 is 4.74 Å². The van der Waals surface area contributed by atoms with Crippen LogP contribution in [-0.4, -0.2) is 15.4 Å². The summed E-state index contributed by atoms with van der Waals surface area (Å²) in [5.74, 6) is 0. The highest BCUT2D eigenvalue weighted by Crippen LogP contribution is 2.21. The zero-order valence-electron chi connectivity index (χ0n) is 12.2. The molecular formula is C17H13ClN4O. The van der Waals surface area contributed by atoms with Crippen molar-refractivity contribution in [3.8, 4) is 17.3 Å². The molecule has 0 aliphatic heterocycles. The highest BCUT2D eigenvalue weighted by molar-refractivity contribution is 6.30. The summed E-state index contributed by atoms with van der Waals surface area (Å²) in [6.45, 7) is 0.977. The first-order valence-electron chi connectivity index (χ1n) is 6.98. The van der Waals surface area contributed by atoms with Crippen LogP contribution in [0, 0.1) is 11.3 Å². The average Bonchev–Trinajstić information content (AvgIpc) is 3.06. The lowest BCUT2D eigenvalue weighted by Crippen LogP contribution is -1.95. The normalized spacial score (nSPS) is 10.4. The van der Waals surface area contributed by atoms with Gasteiger partial charge in [0.05, 0.1) is 13.2 Å². The van der Waals surface area contributed by atoms with E-state index in [0.29, 0.717) is 23.9 Å². The number of halogens is 1. The molecule has 0 saturated heterocycles. The number of H-pyrrole nitrogens is 1. The Labute approximate surface area is 138 Å². The van der Waals surface area contributed by atoms with E-state index >= 15 is 0 Å². The highest BCUT2D eigenvalue weighted by Gasteiger charge is 2.09. The zero-order chi connectivity index (χ0) is 16.1. The van der Waals surface area contributed by atoms with Crippen molar-refractivity contribution in [3.63, 3.8) is 0 Å². The average molecular weight is 325 g/mol. The first-order valence-corrected chi connectivity index (χ1v) is 7.36. The Bertz CT molecular complexity index is 836. The lowest BCUT2D eigenvalue weighted by molar-refractivity contribution is 0.107. The maximum absolute atomic E-state index is 9.02. The van der Waals surface area contributed by atoms with Gasteiger partial charge in [-0.25, -0.2) is 0 Å². The molecule has 6 heteroatoms. The standard InChI is InChI=1S/C17H13ClN4O/c18-15-6-4-12(5-7-15)10-23-11-13-2-1-3-14(8-13)17-16(9-19)20-22-21-17/h1-8H,10-11H2,(H,20,21,22). The van der Waals surface area contributed by atoms with Crippen molar-refractivity contribution in [1.82, 2.24) is 15.4 Å². The molecule has 0 aliphatic rings. The van der Waals surface area contributed by atoms with Gasteiger partial charge < -0.3 is 4.74 Å². The van der Waals surface area contributed by atoms with Crippen LogP contribution in [0.15, 0.2) is 48.5 Å². The summed E-state index contributed by atoms with van der Waals surface area (Å²) >= 11 is 5.86. The second-order valence-corrected chi connectivity index (χ2v) is 5.39. The fourth-order valence-corrected chi connectivity index (χ4v) is 2.31. The van der Waals surface area contributed by atoms with Crippen LogP contribution >= 0.6 is 11.6 Å². The van der Waals surface area contributed by atoms with Crippen LogP contribution in [0.1, 0.15) is 16.8 Å².